The highest BCUT2D eigenvalue weighted by molar-refractivity contribution is 7.13. The van der Waals surface area contributed by atoms with Crippen molar-refractivity contribution in [2.24, 2.45) is 5.92 Å². The number of ether oxygens (including phenoxy) is 1. The summed E-state index contributed by atoms with van der Waals surface area (Å²) in [7, 11) is 0. The lowest BCUT2D eigenvalue weighted by Gasteiger charge is -2.09. The van der Waals surface area contributed by atoms with Crippen LogP contribution in [0.1, 0.15) is 31.4 Å². The number of nitrogens with one attached hydrogen (secondary N) is 2. The van der Waals surface area contributed by atoms with Crippen molar-refractivity contribution in [3.63, 3.8) is 0 Å². The fourth-order valence-corrected chi connectivity index (χ4v) is 2.97. The minimum Gasteiger partial charge on any atom is -0.376 e. The van der Waals surface area contributed by atoms with E-state index < -0.39 is 0 Å². The van der Waals surface area contributed by atoms with Crippen molar-refractivity contribution >= 4 is 28.3 Å². The second kappa shape index (κ2) is 6.53. The van der Waals surface area contributed by atoms with Gasteiger partial charge in [-0.25, -0.2) is 4.98 Å². The van der Waals surface area contributed by atoms with Crippen molar-refractivity contribution in [3.05, 3.63) is 11.1 Å². The lowest BCUT2D eigenvalue weighted by molar-refractivity contribution is -0.121. The van der Waals surface area contributed by atoms with Crippen LogP contribution in [0.15, 0.2) is 5.38 Å². The zero-order valence-corrected chi connectivity index (χ0v) is 12.6. The van der Waals surface area contributed by atoms with Gasteiger partial charge < -0.3 is 15.4 Å². The first-order valence-electron chi connectivity index (χ1n) is 7.34. The van der Waals surface area contributed by atoms with Gasteiger partial charge in [0.15, 0.2) is 5.13 Å². The maximum absolute atomic E-state index is 11.8. The molecule has 1 aliphatic heterocycles. The molecule has 3 rings (SSSR count). The summed E-state index contributed by atoms with van der Waals surface area (Å²) in [4.78, 5) is 27.7. The van der Waals surface area contributed by atoms with Crippen molar-refractivity contribution in [1.29, 1.82) is 0 Å². The topological polar surface area (TPSA) is 80.3 Å². The number of carbonyl (C=O) groups excluding carboxylic acids is 2. The van der Waals surface area contributed by atoms with Crippen LogP contribution < -0.4 is 10.6 Å². The summed E-state index contributed by atoms with van der Waals surface area (Å²) in [6.07, 6.45) is 4.40. The summed E-state index contributed by atoms with van der Waals surface area (Å²) in [5, 5.41) is 8.05. The van der Waals surface area contributed by atoms with E-state index in [1.807, 2.05) is 5.38 Å². The van der Waals surface area contributed by atoms with E-state index in [-0.39, 0.29) is 30.3 Å². The van der Waals surface area contributed by atoms with Crippen molar-refractivity contribution in [2.45, 2.75) is 38.2 Å². The van der Waals surface area contributed by atoms with Crippen molar-refractivity contribution in [3.8, 4) is 0 Å². The second-order valence-corrected chi connectivity index (χ2v) is 6.38. The molecule has 2 aliphatic rings. The Morgan fingerprint density at radius 3 is 2.95 bits per heavy atom. The van der Waals surface area contributed by atoms with Crippen LogP contribution in [0.3, 0.4) is 0 Å². The summed E-state index contributed by atoms with van der Waals surface area (Å²) in [5.74, 6) is 0.140. The molecule has 0 unspecified atom stereocenters. The average molecular weight is 309 g/mol. The number of aromatic nitrogens is 1. The van der Waals surface area contributed by atoms with Crippen molar-refractivity contribution < 1.29 is 14.3 Å². The molecule has 0 bridgehead atoms. The number of carbonyl (C=O) groups is 2. The van der Waals surface area contributed by atoms with Gasteiger partial charge in [-0.15, -0.1) is 11.3 Å². The molecule has 1 atom stereocenters. The molecule has 0 spiro atoms. The maximum atomic E-state index is 11.8. The number of anilines is 1. The highest BCUT2D eigenvalue weighted by Gasteiger charge is 2.30. The molecule has 0 radical (unpaired) electrons. The third kappa shape index (κ3) is 4.25. The minimum atomic E-state index is -0.0594. The number of hydrogen-bond acceptors (Lipinski definition) is 5. The Hall–Kier alpha value is -1.47. The molecule has 1 aliphatic carbocycles. The Morgan fingerprint density at radius 1 is 1.38 bits per heavy atom. The number of thiazole rings is 1. The first-order valence-corrected chi connectivity index (χ1v) is 8.22. The third-order valence-electron chi connectivity index (χ3n) is 3.62. The van der Waals surface area contributed by atoms with Crippen LogP contribution >= 0.6 is 11.3 Å². The predicted octanol–water partition coefficient (Wildman–Crippen LogP) is 1.33. The second-order valence-electron chi connectivity index (χ2n) is 5.52. The third-order valence-corrected chi connectivity index (χ3v) is 4.43. The Balaban J connectivity index is 1.42. The van der Waals surface area contributed by atoms with Gasteiger partial charge in [0, 0.05) is 24.4 Å². The van der Waals surface area contributed by atoms with E-state index >= 15 is 0 Å². The quantitative estimate of drug-likeness (QED) is 0.831. The molecule has 2 N–H and O–H groups in total. The standard InChI is InChI=1S/C14H19N3O3S/c18-12(15-7-11-2-1-5-20-11)6-10-8-21-14(16-10)17-13(19)9-3-4-9/h8-9,11H,1-7H2,(H,15,18)(H,16,17,19)/t11-/m0/s1. The average Bonchev–Trinajstić information content (AvgIpc) is 3.02. The highest BCUT2D eigenvalue weighted by atomic mass is 32.1. The van der Waals surface area contributed by atoms with E-state index in [0.29, 0.717) is 17.4 Å². The fourth-order valence-electron chi connectivity index (χ4n) is 2.26. The van der Waals surface area contributed by atoms with Gasteiger partial charge in [0.1, 0.15) is 0 Å². The Kier molecular flexibility index (Phi) is 4.50. The van der Waals surface area contributed by atoms with Crippen LogP contribution in [0.25, 0.3) is 0 Å². The molecule has 2 fully saturated rings. The molecular weight excluding hydrogens is 290 g/mol. The Morgan fingerprint density at radius 2 is 2.24 bits per heavy atom. The van der Waals surface area contributed by atoms with Gasteiger partial charge in [-0.05, 0) is 25.7 Å². The van der Waals surface area contributed by atoms with Crippen molar-refractivity contribution in [1.82, 2.24) is 10.3 Å². The maximum Gasteiger partial charge on any atom is 0.229 e. The van der Waals surface area contributed by atoms with Crippen LogP contribution in [0, 0.1) is 5.92 Å². The molecule has 2 heterocycles. The molecule has 6 nitrogen and oxygen atoms in total. The summed E-state index contributed by atoms with van der Waals surface area (Å²) in [6, 6.07) is 0. The lowest BCUT2D eigenvalue weighted by atomic mass is 10.2. The van der Waals surface area contributed by atoms with Gasteiger partial charge in [-0.3, -0.25) is 9.59 Å². The van der Waals surface area contributed by atoms with E-state index in [0.717, 1.165) is 32.3 Å². The lowest BCUT2D eigenvalue weighted by Crippen LogP contribution is -2.32. The number of rotatable bonds is 6. The molecule has 21 heavy (non-hydrogen) atoms. The van der Waals surface area contributed by atoms with Gasteiger partial charge in [-0.1, -0.05) is 0 Å². The van der Waals surface area contributed by atoms with E-state index in [1.165, 1.54) is 11.3 Å². The van der Waals surface area contributed by atoms with Crippen LogP contribution in [-0.2, 0) is 20.7 Å². The van der Waals surface area contributed by atoms with Crippen LogP contribution in [0.4, 0.5) is 5.13 Å². The monoisotopic (exact) mass is 309 g/mol. The fraction of sp³-hybridized carbons (Fsp3) is 0.643. The molecule has 0 aromatic carbocycles. The number of hydrogen-bond donors (Lipinski definition) is 2. The first-order chi connectivity index (χ1) is 10.2. The zero-order valence-electron chi connectivity index (χ0n) is 11.8. The smallest absolute Gasteiger partial charge is 0.229 e. The van der Waals surface area contributed by atoms with Crippen LogP contribution in [-0.4, -0.2) is 36.1 Å². The normalized spacial score (nSPS) is 21.2. The molecule has 1 saturated heterocycles. The van der Waals surface area contributed by atoms with Crippen LogP contribution in [0.5, 0.6) is 0 Å². The molecule has 1 aromatic heterocycles. The first kappa shape index (κ1) is 14.5. The van der Waals surface area contributed by atoms with E-state index in [4.69, 9.17) is 4.74 Å². The summed E-state index contributed by atoms with van der Waals surface area (Å²) >= 11 is 1.36. The van der Waals surface area contributed by atoms with Gasteiger partial charge in [-0.2, -0.15) is 0 Å². The summed E-state index contributed by atoms with van der Waals surface area (Å²) in [5.41, 5.74) is 0.691. The Labute approximate surface area is 127 Å². The predicted molar refractivity (Wildman–Crippen MR) is 79.2 cm³/mol. The number of amides is 2. The van der Waals surface area contributed by atoms with Gasteiger partial charge in [0.25, 0.3) is 0 Å². The Bertz CT molecular complexity index is 521. The number of nitrogens with zero attached hydrogens (tertiary/aromatic N) is 1. The van der Waals surface area contributed by atoms with E-state index in [1.54, 1.807) is 0 Å². The van der Waals surface area contributed by atoms with Gasteiger partial charge >= 0.3 is 0 Å². The minimum absolute atomic E-state index is 0.0405. The molecule has 114 valence electrons. The molecular formula is C14H19N3O3S. The summed E-state index contributed by atoms with van der Waals surface area (Å²) < 4.78 is 5.45. The molecule has 1 saturated carbocycles. The molecule has 1 aromatic rings. The van der Waals surface area contributed by atoms with Gasteiger partial charge in [0.2, 0.25) is 11.8 Å². The van der Waals surface area contributed by atoms with Gasteiger partial charge in [0.05, 0.1) is 18.2 Å². The van der Waals surface area contributed by atoms with E-state index in [9.17, 15) is 9.59 Å². The molecule has 2 amide bonds. The van der Waals surface area contributed by atoms with Crippen molar-refractivity contribution in [2.75, 3.05) is 18.5 Å². The SMILES string of the molecule is O=C(Cc1csc(NC(=O)C2CC2)n1)NC[C@@H]1CCCO1. The zero-order chi connectivity index (χ0) is 14.7. The highest BCUT2D eigenvalue weighted by Crippen LogP contribution is 2.30. The summed E-state index contributed by atoms with van der Waals surface area (Å²) in [6.45, 7) is 1.35. The van der Waals surface area contributed by atoms with E-state index in [2.05, 4.69) is 15.6 Å². The van der Waals surface area contributed by atoms with Crippen LogP contribution in [0.2, 0.25) is 0 Å². The largest absolute Gasteiger partial charge is 0.376 e. The molecule has 7 heteroatoms.